The average molecular weight is 260 g/mol. The second-order valence-electron chi connectivity index (χ2n) is 5.61. The quantitative estimate of drug-likeness (QED) is 0.867. The van der Waals surface area contributed by atoms with E-state index < -0.39 is 0 Å². The van der Waals surface area contributed by atoms with E-state index in [2.05, 4.69) is 35.3 Å². The van der Waals surface area contributed by atoms with Gasteiger partial charge in [0.15, 0.2) is 0 Å². The van der Waals surface area contributed by atoms with E-state index in [1.807, 2.05) is 6.20 Å². The van der Waals surface area contributed by atoms with E-state index in [0.717, 1.165) is 24.5 Å². The lowest BCUT2D eigenvalue weighted by Crippen LogP contribution is -2.19. The third kappa shape index (κ3) is 3.04. The fourth-order valence-electron chi connectivity index (χ4n) is 2.01. The lowest BCUT2D eigenvalue weighted by atomic mass is 10.2. The number of oxazole rings is 1. The standard InChI is InChI=1S/C14H20N4O/c1-10(2)7-15-8-12-9-19-14(16-12)18-6-5-13(17-18)11-3-4-11/h5-6,9-11,15H,3-4,7-8H2,1-2H3. The van der Waals surface area contributed by atoms with Gasteiger partial charge in [0.2, 0.25) is 0 Å². The highest BCUT2D eigenvalue weighted by Gasteiger charge is 2.26. The Balaban J connectivity index is 1.62. The smallest absolute Gasteiger partial charge is 0.322 e. The van der Waals surface area contributed by atoms with Crippen molar-refractivity contribution in [1.29, 1.82) is 0 Å². The molecule has 0 aromatic carbocycles. The molecule has 5 heteroatoms. The van der Waals surface area contributed by atoms with Gasteiger partial charge in [-0.2, -0.15) is 14.8 Å². The fourth-order valence-corrected chi connectivity index (χ4v) is 2.01. The molecule has 19 heavy (non-hydrogen) atoms. The summed E-state index contributed by atoms with van der Waals surface area (Å²) in [5.74, 6) is 1.29. The van der Waals surface area contributed by atoms with Crippen molar-refractivity contribution in [2.75, 3.05) is 6.54 Å². The van der Waals surface area contributed by atoms with Crippen molar-refractivity contribution in [2.45, 2.75) is 39.2 Å². The Hall–Kier alpha value is -1.62. The Morgan fingerprint density at radius 3 is 3.05 bits per heavy atom. The van der Waals surface area contributed by atoms with Crippen molar-refractivity contribution >= 4 is 0 Å². The molecule has 1 aliphatic carbocycles. The maximum absolute atomic E-state index is 5.47. The molecule has 0 radical (unpaired) electrons. The van der Waals surface area contributed by atoms with E-state index in [9.17, 15) is 0 Å². The van der Waals surface area contributed by atoms with Crippen molar-refractivity contribution in [3.63, 3.8) is 0 Å². The molecule has 3 rings (SSSR count). The topological polar surface area (TPSA) is 55.9 Å². The minimum Gasteiger partial charge on any atom is -0.430 e. The van der Waals surface area contributed by atoms with E-state index in [0.29, 0.717) is 17.9 Å². The van der Waals surface area contributed by atoms with Crippen LogP contribution in [0.1, 0.15) is 44.0 Å². The largest absolute Gasteiger partial charge is 0.430 e. The lowest BCUT2D eigenvalue weighted by molar-refractivity contribution is 0.506. The summed E-state index contributed by atoms with van der Waals surface area (Å²) in [6.07, 6.45) is 6.13. The van der Waals surface area contributed by atoms with E-state index in [1.54, 1.807) is 10.9 Å². The van der Waals surface area contributed by atoms with Crippen LogP contribution in [0.15, 0.2) is 22.9 Å². The van der Waals surface area contributed by atoms with Gasteiger partial charge in [-0.3, -0.25) is 0 Å². The molecule has 1 N–H and O–H groups in total. The summed E-state index contributed by atoms with van der Waals surface area (Å²) in [6, 6.07) is 2.60. The number of nitrogens with zero attached hydrogens (tertiary/aromatic N) is 3. The summed E-state index contributed by atoms with van der Waals surface area (Å²) in [5.41, 5.74) is 2.07. The molecule has 0 unspecified atom stereocenters. The van der Waals surface area contributed by atoms with E-state index in [4.69, 9.17) is 4.42 Å². The number of hydrogen-bond donors (Lipinski definition) is 1. The highest BCUT2D eigenvalue weighted by atomic mass is 16.4. The van der Waals surface area contributed by atoms with Crippen LogP contribution in [0.25, 0.3) is 6.01 Å². The Labute approximate surface area is 113 Å². The summed E-state index contributed by atoms with van der Waals surface area (Å²) < 4.78 is 7.19. The summed E-state index contributed by atoms with van der Waals surface area (Å²) in [6.45, 7) is 6.09. The summed E-state index contributed by atoms with van der Waals surface area (Å²) in [7, 11) is 0. The molecular weight excluding hydrogens is 240 g/mol. The van der Waals surface area contributed by atoms with Crippen molar-refractivity contribution in [2.24, 2.45) is 5.92 Å². The van der Waals surface area contributed by atoms with Crippen molar-refractivity contribution in [3.05, 3.63) is 29.9 Å². The predicted molar refractivity (Wildman–Crippen MR) is 72.1 cm³/mol. The van der Waals surface area contributed by atoms with Gasteiger partial charge in [0.05, 0.1) is 11.4 Å². The first-order valence-corrected chi connectivity index (χ1v) is 6.93. The Bertz CT molecular complexity index is 539. The van der Waals surface area contributed by atoms with Crippen molar-refractivity contribution < 1.29 is 4.42 Å². The minimum absolute atomic E-state index is 0.549. The van der Waals surface area contributed by atoms with Gasteiger partial charge in [0, 0.05) is 18.7 Å². The number of nitrogens with one attached hydrogen (secondary N) is 1. The van der Waals surface area contributed by atoms with Crippen LogP contribution in [-0.4, -0.2) is 21.3 Å². The van der Waals surface area contributed by atoms with E-state index >= 15 is 0 Å². The van der Waals surface area contributed by atoms with Gasteiger partial charge in [-0.25, -0.2) is 0 Å². The van der Waals surface area contributed by atoms with Crippen molar-refractivity contribution in [1.82, 2.24) is 20.1 Å². The van der Waals surface area contributed by atoms with Crippen LogP contribution >= 0.6 is 0 Å². The highest BCUT2D eigenvalue weighted by molar-refractivity contribution is 5.17. The van der Waals surface area contributed by atoms with Crippen LogP contribution in [-0.2, 0) is 6.54 Å². The zero-order valence-electron chi connectivity index (χ0n) is 11.5. The summed E-state index contributed by atoms with van der Waals surface area (Å²) in [5, 5.41) is 7.85. The highest BCUT2D eigenvalue weighted by Crippen LogP contribution is 2.38. The maximum Gasteiger partial charge on any atom is 0.322 e. The molecule has 102 valence electrons. The third-order valence-corrected chi connectivity index (χ3v) is 3.20. The zero-order valence-corrected chi connectivity index (χ0v) is 11.5. The lowest BCUT2D eigenvalue weighted by Gasteiger charge is -2.04. The Morgan fingerprint density at radius 1 is 1.47 bits per heavy atom. The SMILES string of the molecule is CC(C)CNCc1coc(-n2ccc(C3CC3)n2)n1. The Kier molecular flexibility index (Phi) is 3.38. The Morgan fingerprint density at radius 2 is 2.32 bits per heavy atom. The normalized spacial score (nSPS) is 15.3. The molecule has 2 heterocycles. The summed E-state index contributed by atoms with van der Waals surface area (Å²) >= 11 is 0. The van der Waals surface area contributed by atoms with Gasteiger partial charge in [0.1, 0.15) is 6.26 Å². The first kappa shape index (κ1) is 12.4. The zero-order chi connectivity index (χ0) is 13.2. The van der Waals surface area contributed by atoms with Crippen LogP contribution in [0.5, 0.6) is 0 Å². The molecule has 1 fully saturated rings. The van der Waals surface area contributed by atoms with Crippen LogP contribution in [0.2, 0.25) is 0 Å². The second-order valence-corrected chi connectivity index (χ2v) is 5.61. The predicted octanol–water partition coefficient (Wildman–Crippen LogP) is 2.48. The van der Waals surface area contributed by atoms with E-state index in [-0.39, 0.29) is 0 Å². The molecule has 2 aromatic heterocycles. The molecule has 0 atom stereocenters. The van der Waals surface area contributed by atoms with Gasteiger partial charge >= 0.3 is 6.01 Å². The molecule has 0 aliphatic heterocycles. The average Bonchev–Trinajstić information content (AvgIpc) is 2.92. The first-order valence-electron chi connectivity index (χ1n) is 6.93. The second kappa shape index (κ2) is 5.17. The number of aromatic nitrogens is 3. The van der Waals surface area contributed by atoms with Crippen LogP contribution in [0.3, 0.4) is 0 Å². The fraction of sp³-hybridized carbons (Fsp3) is 0.571. The van der Waals surface area contributed by atoms with Gasteiger partial charge in [-0.1, -0.05) is 13.8 Å². The van der Waals surface area contributed by atoms with Crippen LogP contribution in [0, 0.1) is 5.92 Å². The molecular formula is C14H20N4O. The third-order valence-electron chi connectivity index (χ3n) is 3.20. The molecule has 1 saturated carbocycles. The van der Waals surface area contributed by atoms with Gasteiger partial charge in [-0.05, 0) is 31.4 Å². The molecule has 2 aromatic rings. The van der Waals surface area contributed by atoms with Gasteiger partial charge < -0.3 is 9.73 Å². The van der Waals surface area contributed by atoms with Crippen LogP contribution < -0.4 is 5.32 Å². The summed E-state index contributed by atoms with van der Waals surface area (Å²) in [4.78, 5) is 4.44. The molecule has 5 nitrogen and oxygen atoms in total. The van der Waals surface area contributed by atoms with E-state index in [1.165, 1.54) is 12.8 Å². The molecule has 0 amide bonds. The maximum atomic E-state index is 5.47. The van der Waals surface area contributed by atoms with Crippen molar-refractivity contribution in [3.8, 4) is 6.01 Å². The number of rotatable bonds is 6. The number of hydrogen-bond acceptors (Lipinski definition) is 4. The van der Waals surface area contributed by atoms with Gasteiger partial charge in [-0.15, -0.1) is 0 Å². The molecule has 0 spiro atoms. The minimum atomic E-state index is 0.549. The van der Waals surface area contributed by atoms with Gasteiger partial charge in [0.25, 0.3) is 0 Å². The van der Waals surface area contributed by atoms with Crippen LogP contribution in [0.4, 0.5) is 0 Å². The molecule has 0 saturated heterocycles. The first-order chi connectivity index (χ1) is 9.22. The molecule has 1 aliphatic rings. The monoisotopic (exact) mass is 260 g/mol. The molecule has 0 bridgehead atoms.